The fourth-order valence-corrected chi connectivity index (χ4v) is 3.20. The Hall–Kier alpha value is -1.30. The molecule has 2 heterocycles. The van der Waals surface area contributed by atoms with E-state index in [1.54, 1.807) is 4.90 Å². The van der Waals surface area contributed by atoms with Gasteiger partial charge in [-0.1, -0.05) is 0 Å². The fourth-order valence-electron chi connectivity index (χ4n) is 3.20. The lowest BCUT2D eigenvalue weighted by Gasteiger charge is -2.39. The van der Waals surface area contributed by atoms with Crippen LogP contribution in [0.1, 0.15) is 32.6 Å². The van der Waals surface area contributed by atoms with E-state index in [4.69, 9.17) is 5.11 Å². The summed E-state index contributed by atoms with van der Waals surface area (Å²) in [6.45, 7) is 5.63. The highest BCUT2D eigenvalue weighted by Crippen LogP contribution is 2.20. The maximum absolute atomic E-state index is 12.6. The average molecular weight is 283 g/mol. The molecule has 0 aromatic carbocycles. The Morgan fingerprint density at radius 1 is 1.30 bits per heavy atom. The number of carbonyl (C=O) groups excluding carboxylic acids is 1. The minimum absolute atomic E-state index is 0.0188. The first-order chi connectivity index (χ1) is 9.63. The Morgan fingerprint density at radius 3 is 2.60 bits per heavy atom. The van der Waals surface area contributed by atoms with E-state index < -0.39 is 11.9 Å². The van der Waals surface area contributed by atoms with Crippen molar-refractivity contribution in [3.63, 3.8) is 0 Å². The molecule has 2 aliphatic heterocycles. The molecule has 2 rings (SSSR count). The van der Waals surface area contributed by atoms with Crippen LogP contribution in [-0.2, 0) is 4.79 Å². The Bertz CT molecular complexity index is 356. The number of hydrogen-bond donors (Lipinski definition) is 2. The predicted molar refractivity (Wildman–Crippen MR) is 75.6 cm³/mol. The molecule has 0 radical (unpaired) electrons. The van der Waals surface area contributed by atoms with Gasteiger partial charge in [-0.05, 0) is 45.7 Å². The van der Waals surface area contributed by atoms with Crippen LogP contribution in [0.3, 0.4) is 0 Å². The number of nitrogens with zero attached hydrogens (tertiary/aromatic N) is 2. The Kier molecular flexibility index (Phi) is 5.23. The zero-order chi connectivity index (χ0) is 14.5. The van der Waals surface area contributed by atoms with Crippen molar-refractivity contribution in [2.75, 3.05) is 32.7 Å². The third-order valence-corrected chi connectivity index (χ3v) is 4.38. The van der Waals surface area contributed by atoms with Crippen molar-refractivity contribution >= 4 is 12.0 Å². The number of rotatable bonds is 3. The van der Waals surface area contributed by atoms with Gasteiger partial charge in [0.05, 0.1) is 5.92 Å². The van der Waals surface area contributed by atoms with Gasteiger partial charge in [0.1, 0.15) is 0 Å². The summed E-state index contributed by atoms with van der Waals surface area (Å²) in [6, 6.07) is 0.310. The molecule has 6 nitrogen and oxygen atoms in total. The maximum atomic E-state index is 12.6. The molecular weight excluding hydrogens is 258 g/mol. The zero-order valence-electron chi connectivity index (χ0n) is 12.2. The van der Waals surface area contributed by atoms with Crippen LogP contribution in [0.25, 0.3) is 0 Å². The minimum Gasteiger partial charge on any atom is -0.481 e. The quantitative estimate of drug-likeness (QED) is 0.810. The molecule has 114 valence electrons. The van der Waals surface area contributed by atoms with Crippen LogP contribution in [0.5, 0.6) is 0 Å². The van der Waals surface area contributed by atoms with E-state index in [2.05, 4.69) is 5.32 Å². The Balaban J connectivity index is 1.98. The van der Waals surface area contributed by atoms with Crippen LogP contribution in [0.4, 0.5) is 4.79 Å². The molecule has 0 saturated carbocycles. The Labute approximate surface area is 120 Å². The summed E-state index contributed by atoms with van der Waals surface area (Å²) in [4.78, 5) is 27.4. The summed E-state index contributed by atoms with van der Waals surface area (Å²) in [5.41, 5.74) is 0. The monoisotopic (exact) mass is 283 g/mol. The number of hydrogen-bond acceptors (Lipinski definition) is 3. The van der Waals surface area contributed by atoms with Crippen LogP contribution in [0.15, 0.2) is 0 Å². The maximum Gasteiger partial charge on any atom is 0.320 e. The molecule has 6 heteroatoms. The van der Waals surface area contributed by atoms with E-state index in [9.17, 15) is 9.59 Å². The SMILES string of the molecule is CCN(C(=O)N1CCC[C@H](C(=O)O)C1)C1CCNCC1. The second-order valence-corrected chi connectivity index (χ2v) is 5.67. The lowest BCUT2D eigenvalue weighted by Crippen LogP contribution is -2.53. The van der Waals surface area contributed by atoms with Crippen LogP contribution < -0.4 is 5.32 Å². The lowest BCUT2D eigenvalue weighted by atomic mass is 9.98. The normalized spacial score (nSPS) is 24.4. The minimum atomic E-state index is -0.785. The van der Waals surface area contributed by atoms with Gasteiger partial charge in [0.2, 0.25) is 0 Å². The van der Waals surface area contributed by atoms with E-state index in [-0.39, 0.29) is 6.03 Å². The molecule has 20 heavy (non-hydrogen) atoms. The second kappa shape index (κ2) is 6.92. The highest BCUT2D eigenvalue weighted by molar-refractivity contribution is 5.77. The van der Waals surface area contributed by atoms with E-state index in [1.807, 2.05) is 11.8 Å². The zero-order valence-corrected chi connectivity index (χ0v) is 12.2. The second-order valence-electron chi connectivity index (χ2n) is 5.67. The molecule has 0 aromatic heterocycles. The number of carboxylic acid groups (broad SMARTS) is 1. The topological polar surface area (TPSA) is 72.9 Å². The van der Waals surface area contributed by atoms with Crippen molar-refractivity contribution in [2.24, 2.45) is 5.92 Å². The smallest absolute Gasteiger partial charge is 0.320 e. The van der Waals surface area contributed by atoms with Crippen molar-refractivity contribution in [1.29, 1.82) is 0 Å². The van der Waals surface area contributed by atoms with Crippen LogP contribution in [0, 0.1) is 5.92 Å². The molecule has 2 aliphatic rings. The number of urea groups is 1. The molecule has 2 amide bonds. The molecule has 0 bridgehead atoms. The van der Waals surface area contributed by atoms with Gasteiger partial charge in [-0.3, -0.25) is 4.79 Å². The molecule has 1 atom stereocenters. The average Bonchev–Trinajstić information content (AvgIpc) is 2.49. The number of carboxylic acids is 1. The fraction of sp³-hybridized carbons (Fsp3) is 0.857. The summed E-state index contributed by atoms with van der Waals surface area (Å²) in [6.07, 6.45) is 3.43. The molecule has 0 aliphatic carbocycles. The number of likely N-dealkylation sites (tertiary alicyclic amines) is 1. The van der Waals surface area contributed by atoms with E-state index >= 15 is 0 Å². The predicted octanol–water partition coefficient (Wildman–Crippen LogP) is 0.977. The number of nitrogens with one attached hydrogen (secondary N) is 1. The first-order valence-electron chi connectivity index (χ1n) is 7.62. The Morgan fingerprint density at radius 2 is 2.00 bits per heavy atom. The number of aliphatic carboxylic acids is 1. The van der Waals surface area contributed by atoms with Gasteiger partial charge in [-0.15, -0.1) is 0 Å². The van der Waals surface area contributed by atoms with Gasteiger partial charge in [-0.2, -0.15) is 0 Å². The van der Waals surface area contributed by atoms with E-state index in [0.29, 0.717) is 32.1 Å². The van der Waals surface area contributed by atoms with Gasteiger partial charge < -0.3 is 20.2 Å². The summed E-state index contributed by atoms with van der Waals surface area (Å²) in [5.74, 6) is -1.19. The van der Waals surface area contributed by atoms with Crippen molar-refractivity contribution in [1.82, 2.24) is 15.1 Å². The van der Waals surface area contributed by atoms with Gasteiger partial charge in [0.25, 0.3) is 0 Å². The molecule has 2 fully saturated rings. The van der Waals surface area contributed by atoms with Crippen molar-refractivity contribution in [3.05, 3.63) is 0 Å². The number of piperidine rings is 2. The number of carbonyl (C=O) groups is 2. The van der Waals surface area contributed by atoms with Crippen molar-refractivity contribution < 1.29 is 14.7 Å². The first kappa shape index (κ1) is 15.1. The van der Waals surface area contributed by atoms with Gasteiger partial charge >= 0.3 is 12.0 Å². The van der Waals surface area contributed by atoms with E-state index in [1.165, 1.54) is 0 Å². The largest absolute Gasteiger partial charge is 0.481 e. The molecular formula is C14H25N3O3. The number of amides is 2. The summed E-state index contributed by atoms with van der Waals surface area (Å²) < 4.78 is 0. The third-order valence-electron chi connectivity index (χ3n) is 4.38. The molecule has 0 spiro atoms. The first-order valence-corrected chi connectivity index (χ1v) is 7.62. The molecule has 2 saturated heterocycles. The molecule has 0 aromatic rings. The summed E-state index contributed by atoms with van der Waals surface area (Å²) >= 11 is 0. The van der Waals surface area contributed by atoms with Gasteiger partial charge in [0.15, 0.2) is 0 Å². The highest BCUT2D eigenvalue weighted by Gasteiger charge is 2.32. The van der Waals surface area contributed by atoms with Gasteiger partial charge in [-0.25, -0.2) is 4.79 Å². The van der Waals surface area contributed by atoms with Crippen molar-refractivity contribution in [2.45, 2.75) is 38.6 Å². The van der Waals surface area contributed by atoms with Crippen LogP contribution in [-0.4, -0.2) is 65.7 Å². The standard InChI is InChI=1S/C14H25N3O3/c1-2-17(12-5-7-15-8-6-12)14(20)16-9-3-4-11(10-16)13(18)19/h11-12,15H,2-10H2,1H3,(H,18,19)/t11-/m0/s1. The molecule has 2 N–H and O–H groups in total. The van der Waals surface area contributed by atoms with Crippen LogP contribution in [0.2, 0.25) is 0 Å². The van der Waals surface area contributed by atoms with Crippen molar-refractivity contribution in [3.8, 4) is 0 Å². The van der Waals surface area contributed by atoms with E-state index in [0.717, 1.165) is 32.4 Å². The summed E-state index contributed by atoms with van der Waals surface area (Å²) in [5, 5.41) is 12.4. The van der Waals surface area contributed by atoms with Crippen LogP contribution >= 0.6 is 0 Å². The third kappa shape index (κ3) is 3.42. The van der Waals surface area contributed by atoms with Gasteiger partial charge in [0, 0.05) is 25.7 Å². The molecule has 0 unspecified atom stereocenters. The lowest BCUT2D eigenvalue weighted by molar-refractivity contribution is -0.143. The highest BCUT2D eigenvalue weighted by atomic mass is 16.4. The summed E-state index contributed by atoms with van der Waals surface area (Å²) in [7, 11) is 0.